The number of hydrogen-bond donors (Lipinski definition) is 2. The lowest BCUT2D eigenvalue weighted by molar-refractivity contribution is -0.153. The van der Waals surface area contributed by atoms with E-state index in [1.54, 1.807) is 7.05 Å². The van der Waals surface area contributed by atoms with Crippen molar-refractivity contribution in [3.8, 4) is 0 Å². The lowest BCUT2D eigenvalue weighted by Crippen LogP contribution is -2.51. The smallest absolute Gasteiger partial charge is 0.326 e. The van der Waals surface area contributed by atoms with Gasteiger partial charge in [0, 0.05) is 25.4 Å². The van der Waals surface area contributed by atoms with Crippen LogP contribution in [0.2, 0.25) is 0 Å². The summed E-state index contributed by atoms with van der Waals surface area (Å²) >= 11 is 0. The molecule has 20 heavy (non-hydrogen) atoms. The van der Waals surface area contributed by atoms with Gasteiger partial charge in [-0.15, -0.1) is 0 Å². The third kappa shape index (κ3) is 2.82. The average molecular weight is 276 g/mol. The van der Waals surface area contributed by atoms with Crippen molar-refractivity contribution >= 4 is 11.9 Å². The summed E-state index contributed by atoms with van der Waals surface area (Å²) in [5.74, 6) is -1.28. The number of hydrogen-bond acceptors (Lipinski definition) is 3. The van der Waals surface area contributed by atoms with Crippen molar-refractivity contribution < 1.29 is 14.7 Å². The number of carboxylic acids is 1. The van der Waals surface area contributed by atoms with Crippen LogP contribution in [0.5, 0.6) is 0 Å². The lowest BCUT2D eigenvalue weighted by atomic mass is 9.93. The monoisotopic (exact) mass is 276 g/mol. The Morgan fingerprint density at radius 2 is 2.05 bits per heavy atom. The van der Waals surface area contributed by atoms with Gasteiger partial charge in [0.25, 0.3) is 0 Å². The van der Waals surface area contributed by atoms with Gasteiger partial charge in [0.2, 0.25) is 5.91 Å². The summed E-state index contributed by atoms with van der Waals surface area (Å²) in [6.45, 7) is 2.74. The number of amides is 1. The molecule has 1 heterocycles. The summed E-state index contributed by atoms with van der Waals surface area (Å²) in [4.78, 5) is 25.4. The zero-order valence-corrected chi connectivity index (χ0v) is 11.8. The topological polar surface area (TPSA) is 69.6 Å². The summed E-state index contributed by atoms with van der Waals surface area (Å²) in [6.07, 6.45) is 0.378. The molecule has 108 valence electrons. The minimum atomic E-state index is -0.940. The van der Waals surface area contributed by atoms with Gasteiger partial charge in [-0.3, -0.25) is 4.79 Å². The van der Waals surface area contributed by atoms with E-state index in [0.717, 1.165) is 11.1 Å². The Bertz CT molecular complexity index is 516. The molecular formula is C15H20N2O3. The van der Waals surface area contributed by atoms with Gasteiger partial charge in [-0.1, -0.05) is 31.2 Å². The maximum atomic E-state index is 12.4. The predicted molar refractivity (Wildman–Crippen MR) is 75.2 cm³/mol. The summed E-state index contributed by atoms with van der Waals surface area (Å²) in [5.41, 5.74) is 2.06. The van der Waals surface area contributed by atoms with E-state index in [1.807, 2.05) is 31.2 Å². The maximum Gasteiger partial charge on any atom is 0.326 e. The van der Waals surface area contributed by atoms with Crippen molar-refractivity contribution in [1.29, 1.82) is 0 Å². The Labute approximate surface area is 118 Å². The second kappa shape index (κ2) is 6.05. The Morgan fingerprint density at radius 3 is 2.65 bits per heavy atom. The number of carboxylic acid groups (broad SMARTS) is 1. The molecule has 5 nitrogen and oxygen atoms in total. The number of nitrogens with zero attached hydrogens (tertiary/aromatic N) is 1. The molecular weight excluding hydrogens is 256 g/mol. The van der Waals surface area contributed by atoms with Crippen LogP contribution < -0.4 is 5.32 Å². The fourth-order valence-electron chi connectivity index (χ4n) is 2.65. The Kier molecular flexibility index (Phi) is 4.39. The fourth-order valence-corrected chi connectivity index (χ4v) is 2.65. The molecule has 0 spiro atoms. The molecule has 0 saturated heterocycles. The molecule has 1 amide bonds. The van der Waals surface area contributed by atoms with Crippen molar-refractivity contribution in [2.45, 2.75) is 25.9 Å². The summed E-state index contributed by atoms with van der Waals surface area (Å²) in [7, 11) is 1.78. The molecule has 2 rings (SSSR count). The van der Waals surface area contributed by atoms with Gasteiger partial charge >= 0.3 is 5.97 Å². The molecule has 2 N–H and O–H groups in total. The van der Waals surface area contributed by atoms with E-state index in [9.17, 15) is 14.7 Å². The molecule has 1 aliphatic rings. The first-order valence-corrected chi connectivity index (χ1v) is 6.79. The highest BCUT2D eigenvalue weighted by Crippen LogP contribution is 2.24. The van der Waals surface area contributed by atoms with Crippen LogP contribution in [0.3, 0.4) is 0 Å². The van der Waals surface area contributed by atoms with Crippen LogP contribution in [0, 0.1) is 5.92 Å². The first kappa shape index (κ1) is 14.5. The van der Waals surface area contributed by atoms with E-state index < -0.39 is 12.0 Å². The van der Waals surface area contributed by atoms with Crippen LogP contribution >= 0.6 is 0 Å². The van der Waals surface area contributed by atoms with E-state index in [0.29, 0.717) is 19.5 Å². The number of nitrogens with one attached hydrogen (secondary N) is 1. The highest BCUT2D eigenvalue weighted by molar-refractivity contribution is 5.85. The molecule has 5 heteroatoms. The van der Waals surface area contributed by atoms with E-state index in [-0.39, 0.29) is 11.8 Å². The highest BCUT2D eigenvalue weighted by Gasteiger charge is 2.35. The zero-order valence-electron chi connectivity index (χ0n) is 11.8. The van der Waals surface area contributed by atoms with E-state index in [2.05, 4.69) is 5.32 Å². The second-order valence-electron chi connectivity index (χ2n) is 5.25. The summed E-state index contributed by atoms with van der Waals surface area (Å²) in [5, 5.41) is 12.3. The lowest BCUT2D eigenvalue weighted by Gasteiger charge is -2.36. The van der Waals surface area contributed by atoms with Gasteiger partial charge in [0.1, 0.15) is 6.04 Å². The average Bonchev–Trinajstić information content (AvgIpc) is 2.45. The number of fused-ring (bicyclic) bond motifs is 1. The van der Waals surface area contributed by atoms with E-state index in [4.69, 9.17) is 0 Å². The summed E-state index contributed by atoms with van der Waals surface area (Å²) in [6, 6.07) is 6.94. The van der Waals surface area contributed by atoms with Crippen molar-refractivity contribution in [3.05, 3.63) is 35.4 Å². The molecule has 1 aromatic rings. The predicted octanol–water partition coefficient (Wildman–Crippen LogP) is 0.880. The number of carbonyl (C=O) groups excluding carboxylic acids is 1. The SMILES string of the molecule is CNCC(C)C(=O)N1Cc2ccccc2C[C@@H]1C(=O)O. The second-order valence-corrected chi connectivity index (χ2v) is 5.25. The molecule has 0 radical (unpaired) electrons. The molecule has 1 aliphatic heterocycles. The largest absolute Gasteiger partial charge is 0.480 e. The third-order valence-electron chi connectivity index (χ3n) is 3.75. The van der Waals surface area contributed by atoms with Crippen molar-refractivity contribution in [3.63, 3.8) is 0 Å². The molecule has 0 bridgehead atoms. The summed E-state index contributed by atoms with van der Waals surface area (Å²) < 4.78 is 0. The van der Waals surface area contributed by atoms with Crippen LogP contribution in [0.1, 0.15) is 18.1 Å². The zero-order chi connectivity index (χ0) is 14.7. The van der Waals surface area contributed by atoms with E-state index in [1.165, 1.54) is 4.90 Å². The molecule has 0 aromatic heterocycles. The van der Waals surface area contributed by atoms with Crippen LogP contribution in [-0.2, 0) is 22.6 Å². The molecule has 0 saturated carbocycles. The Hall–Kier alpha value is -1.88. The van der Waals surface area contributed by atoms with Crippen molar-refractivity contribution in [2.24, 2.45) is 5.92 Å². The molecule has 2 atom stereocenters. The first-order valence-electron chi connectivity index (χ1n) is 6.79. The van der Waals surface area contributed by atoms with Gasteiger partial charge in [0.15, 0.2) is 0 Å². The van der Waals surface area contributed by atoms with Gasteiger partial charge in [-0.05, 0) is 18.2 Å². The van der Waals surface area contributed by atoms with Crippen molar-refractivity contribution in [1.82, 2.24) is 10.2 Å². The number of benzene rings is 1. The third-order valence-corrected chi connectivity index (χ3v) is 3.75. The number of carbonyl (C=O) groups is 2. The minimum Gasteiger partial charge on any atom is -0.480 e. The van der Waals surface area contributed by atoms with E-state index >= 15 is 0 Å². The Morgan fingerprint density at radius 1 is 1.40 bits per heavy atom. The maximum absolute atomic E-state index is 12.4. The van der Waals surface area contributed by atoms with Gasteiger partial charge in [-0.2, -0.15) is 0 Å². The van der Waals surface area contributed by atoms with Gasteiger partial charge in [-0.25, -0.2) is 4.79 Å². The van der Waals surface area contributed by atoms with Crippen LogP contribution in [0.4, 0.5) is 0 Å². The fraction of sp³-hybridized carbons (Fsp3) is 0.467. The van der Waals surface area contributed by atoms with Crippen LogP contribution in [0.25, 0.3) is 0 Å². The Balaban J connectivity index is 2.26. The normalized spacial score (nSPS) is 19.3. The van der Waals surface area contributed by atoms with Gasteiger partial charge in [0.05, 0.1) is 0 Å². The first-order chi connectivity index (χ1) is 9.54. The van der Waals surface area contributed by atoms with Crippen LogP contribution in [-0.4, -0.2) is 41.5 Å². The molecule has 1 aromatic carbocycles. The number of rotatable bonds is 4. The quantitative estimate of drug-likeness (QED) is 0.856. The molecule has 0 fully saturated rings. The molecule has 1 unspecified atom stereocenters. The van der Waals surface area contributed by atoms with Crippen molar-refractivity contribution in [2.75, 3.05) is 13.6 Å². The van der Waals surface area contributed by atoms with Crippen LogP contribution in [0.15, 0.2) is 24.3 Å². The van der Waals surface area contributed by atoms with Gasteiger partial charge < -0.3 is 15.3 Å². The highest BCUT2D eigenvalue weighted by atomic mass is 16.4. The number of aliphatic carboxylic acids is 1. The minimum absolute atomic E-state index is 0.110. The molecule has 0 aliphatic carbocycles. The standard InChI is InChI=1S/C15H20N2O3/c1-10(8-16-2)14(18)17-9-12-6-4-3-5-11(12)7-13(17)15(19)20/h3-6,10,13,16H,7-9H2,1-2H3,(H,19,20)/t10?,13-/m1/s1.